The number of carbonyl (C=O) groups is 1. The maximum Gasteiger partial charge on any atom is 0.410 e. The SMILES string of the molecule is COc1ccc(CNS(=O)(=O)c2cc([N+](=O)[O-])ccc2-n2cc(CN(CC(C)F)C(=O)OC(C)(C)C)cn2)c(OC)c1. The van der Waals surface area contributed by atoms with Crippen molar-refractivity contribution >= 4 is 21.8 Å². The van der Waals surface area contributed by atoms with Gasteiger partial charge in [-0.15, -0.1) is 0 Å². The summed E-state index contributed by atoms with van der Waals surface area (Å²) in [6.45, 7) is 5.88. The minimum absolute atomic E-state index is 0.0173. The Morgan fingerprint density at radius 3 is 2.50 bits per heavy atom. The highest BCUT2D eigenvalue weighted by molar-refractivity contribution is 7.89. The summed E-state index contributed by atoms with van der Waals surface area (Å²) in [5.41, 5.74) is -0.284. The van der Waals surface area contributed by atoms with E-state index in [1.807, 2.05) is 0 Å². The molecule has 0 aliphatic carbocycles. The first kappa shape index (κ1) is 32.3. The van der Waals surface area contributed by atoms with Gasteiger partial charge in [-0.1, -0.05) is 6.07 Å². The van der Waals surface area contributed by atoms with Crippen LogP contribution in [0.2, 0.25) is 0 Å². The number of nitro benzene ring substituents is 1. The van der Waals surface area contributed by atoms with E-state index in [-0.39, 0.29) is 25.3 Å². The third-order valence-electron chi connectivity index (χ3n) is 5.77. The van der Waals surface area contributed by atoms with Gasteiger partial charge in [0, 0.05) is 42.1 Å². The third-order valence-corrected chi connectivity index (χ3v) is 7.20. The minimum atomic E-state index is -4.33. The van der Waals surface area contributed by atoms with Crippen LogP contribution in [-0.4, -0.2) is 66.7 Å². The fourth-order valence-corrected chi connectivity index (χ4v) is 5.11. The summed E-state index contributed by atoms with van der Waals surface area (Å²) in [5.74, 6) is 0.894. The minimum Gasteiger partial charge on any atom is -0.497 e. The van der Waals surface area contributed by atoms with E-state index in [0.29, 0.717) is 22.6 Å². The van der Waals surface area contributed by atoms with Gasteiger partial charge < -0.3 is 19.1 Å². The zero-order chi connectivity index (χ0) is 31.2. The number of aromatic nitrogens is 2. The Morgan fingerprint density at radius 1 is 1.19 bits per heavy atom. The van der Waals surface area contributed by atoms with Crippen molar-refractivity contribution in [2.24, 2.45) is 0 Å². The number of nitrogens with zero attached hydrogens (tertiary/aromatic N) is 4. The molecule has 0 aliphatic heterocycles. The fraction of sp³-hybridized carbons (Fsp3) is 0.407. The molecule has 1 N–H and O–H groups in total. The molecular formula is C27H34FN5O8S. The lowest BCUT2D eigenvalue weighted by Crippen LogP contribution is -2.39. The zero-order valence-corrected chi connectivity index (χ0v) is 25.0. The number of benzene rings is 2. The molecule has 0 spiro atoms. The summed E-state index contributed by atoms with van der Waals surface area (Å²) >= 11 is 0. The molecule has 0 aliphatic rings. The molecular weight excluding hydrogens is 573 g/mol. The first-order valence-electron chi connectivity index (χ1n) is 12.8. The van der Waals surface area contributed by atoms with Crippen LogP contribution in [-0.2, 0) is 27.8 Å². The van der Waals surface area contributed by atoms with Crippen molar-refractivity contribution < 1.29 is 36.7 Å². The number of hydrogen-bond acceptors (Lipinski definition) is 9. The number of nitrogens with one attached hydrogen (secondary N) is 1. The second-order valence-corrected chi connectivity index (χ2v) is 12.1. The van der Waals surface area contributed by atoms with Crippen molar-refractivity contribution in [3.8, 4) is 17.2 Å². The zero-order valence-electron chi connectivity index (χ0n) is 24.2. The Kier molecular flexibility index (Phi) is 10.1. The molecule has 3 rings (SSSR count). The quantitative estimate of drug-likeness (QED) is 0.233. The molecule has 1 amide bonds. The van der Waals surface area contributed by atoms with Crippen molar-refractivity contribution in [2.45, 2.75) is 57.5 Å². The van der Waals surface area contributed by atoms with Crippen LogP contribution in [0.3, 0.4) is 0 Å². The number of methoxy groups -OCH3 is 2. The highest BCUT2D eigenvalue weighted by Gasteiger charge is 2.26. The number of nitro groups is 1. The lowest BCUT2D eigenvalue weighted by Gasteiger charge is -2.27. The smallest absolute Gasteiger partial charge is 0.410 e. The van der Waals surface area contributed by atoms with E-state index in [9.17, 15) is 27.7 Å². The van der Waals surface area contributed by atoms with Gasteiger partial charge in [0.25, 0.3) is 5.69 Å². The number of sulfonamides is 1. The number of halogens is 1. The van der Waals surface area contributed by atoms with E-state index < -0.39 is 43.4 Å². The van der Waals surface area contributed by atoms with Crippen molar-refractivity contribution in [1.29, 1.82) is 0 Å². The molecule has 0 bridgehead atoms. The first-order valence-corrected chi connectivity index (χ1v) is 14.3. The molecule has 42 heavy (non-hydrogen) atoms. The van der Waals surface area contributed by atoms with Gasteiger partial charge in [-0.25, -0.2) is 27.0 Å². The number of ether oxygens (including phenoxy) is 3. The summed E-state index contributed by atoms with van der Waals surface area (Å²) in [7, 11) is -1.42. The standard InChI is InChI=1S/C27H34FN5O8S/c1-18(28)15-31(26(34)41-27(2,3)4)16-19-13-29-32(17-19)23-10-8-21(33(35)36)11-25(23)42(37,38)30-14-20-7-9-22(39-5)12-24(20)40-6/h7-13,17-18,30H,14-16H2,1-6H3. The summed E-state index contributed by atoms with van der Waals surface area (Å²) in [6, 6.07) is 8.20. The number of alkyl halides is 1. The van der Waals surface area contributed by atoms with E-state index in [4.69, 9.17) is 14.2 Å². The maximum atomic E-state index is 13.9. The second kappa shape index (κ2) is 13.2. The Bertz CT molecular complexity index is 1540. The van der Waals surface area contributed by atoms with E-state index in [1.165, 1.54) is 49.2 Å². The first-order chi connectivity index (χ1) is 19.6. The molecule has 13 nitrogen and oxygen atoms in total. The molecule has 0 saturated carbocycles. The molecule has 0 saturated heterocycles. The molecule has 0 fully saturated rings. The van der Waals surface area contributed by atoms with Crippen LogP contribution in [0.15, 0.2) is 53.7 Å². The van der Waals surface area contributed by atoms with Crippen molar-refractivity contribution in [1.82, 2.24) is 19.4 Å². The normalized spacial score (nSPS) is 12.5. The Balaban J connectivity index is 1.94. The molecule has 2 aromatic carbocycles. The Labute approximate surface area is 243 Å². The molecule has 1 aromatic heterocycles. The predicted molar refractivity (Wildman–Crippen MR) is 151 cm³/mol. The Hall–Kier alpha value is -4.24. The highest BCUT2D eigenvalue weighted by atomic mass is 32.2. The molecule has 15 heteroatoms. The van der Waals surface area contributed by atoms with Crippen LogP contribution >= 0.6 is 0 Å². The molecule has 3 aromatic rings. The van der Waals surface area contributed by atoms with Gasteiger partial charge in [-0.3, -0.25) is 10.1 Å². The number of non-ortho nitro benzene ring substituents is 1. The molecule has 1 atom stereocenters. The number of amides is 1. The van der Waals surface area contributed by atoms with Crippen LogP contribution < -0.4 is 14.2 Å². The van der Waals surface area contributed by atoms with Gasteiger partial charge >= 0.3 is 6.09 Å². The van der Waals surface area contributed by atoms with Crippen molar-refractivity contribution in [2.75, 3.05) is 20.8 Å². The van der Waals surface area contributed by atoms with E-state index in [0.717, 1.165) is 12.1 Å². The third kappa shape index (κ3) is 8.39. The van der Waals surface area contributed by atoms with Crippen LogP contribution in [0.1, 0.15) is 38.8 Å². The Morgan fingerprint density at radius 2 is 1.90 bits per heavy atom. The average Bonchev–Trinajstić information content (AvgIpc) is 3.38. The molecule has 228 valence electrons. The van der Waals surface area contributed by atoms with Crippen LogP contribution in [0.4, 0.5) is 14.9 Å². The largest absolute Gasteiger partial charge is 0.497 e. The maximum absolute atomic E-state index is 13.9. The number of hydrogen-bond donors (Lipinski definition) is 1. The van der Waals surface area contributed by atoms with Gasteiger partial charge in [0.15, 0.2) is 0 Å². The van der Waals surface area contributed by atoms with Gasteiger partial charge in [-0.05, 0) is 39.8 Å². The lowest BCUT2D eigenvalue weighted by atomic mass is 10.2. The topological polar surface area (TPSA) is 155 Å². The van der Waals surface area contributed by atoms with Gasteiger partial charge in [0.1, 0.15) is 28.2 Å². The number of carbonyl (C=O) groups excluding carboxylic acids is 1. The van der Waals surface area contributed by atoms with Crippen molar-refractivity contribution in [3.05, 3.63) is 70.0 Å². The van der Waals surface area contributed by atoms with Gasteiger partial charge in [0.05, 0.1) is 44.1 Å². The summed E-state index contributed by atoms with van der Waals surface area (Å²) < 4.78 is 60.4. The predicted octanol–water partition coefficient (Wildman–Crippen LogP) is 4.37. The van der Waals surface area contributed by atoms with E-state index in [2.05, 4.69) is 9.82 Å². The number of rotatable bonds is 12. The monoisotopic (exact) mass is 607 g/mol. The van der Waals surface area contributed by atoms with Crippen LogP contribution in [0, 0.1) is 10.1 Å². The fourth-order valence-electron chi connectivity index (χ4n) is 3.90. The lowest BCUT2D eigenvalue weighted by molar-refractivity contribution is -0.385. The molecule has 1 unspecified atom stereocenters. The summed E-state index contributed by atoms with van der Waals surface area (Å²) in [4.78, 5) is 24.2. The van der Waals surface area contributed by atoms with E-state index in [1.54, 1.807) is 39.0 Å². The molecule has 0 radical (unpaired) electrons. The summed E-state index contributed by atoms with van der Waals surface area (Å²) in [5, 5.41) is 15.7. The van der Waals surface area contributed by atoms with Gasteiger partial charge in [0.2, 0.25) is 10.0 Å². The summed E-state index contributed by atoms with van der Waals surface area (Å²) in [6.07, 6.45) is 0.770. The van der Waals surface area contributed by atoms with E-state index >= 15 is 0 Å². The van der Waals surface area contributed by atoms with Crippen LogP contribution in [0.5, 0.6) is 11.5 Å². The van der Waals surface area contributed by atoms with Crippen molar-refractivity contribution in [3.63, 3.8) is 0 Å². The van der Waals surface area contributed by atoms with Crippen LogP contribution in [0.25, 0.3) is 5.69 Å². The second-order valence-electron chi connectivity index (χ2n) is 10.3. The van der Waals surface area contributed by atoms with Gasteiger partial charge in [-0.2, -0.15) is 5.10 Å². The molecule has 1 heterocycles. The highest BCUT2D eigenvalue weighted by Crippen LogP contribution is 2.28. The average molecular weight is 608 g/mol.